The van der Waals surface area contributed by atoms with Gasteiger partial charge in [0.1, 0.15) is 17.2 Å². The van der Waals surface area contributed by atoms with Gasteiger partial charge in [0.05, 0.1) is 6.54 Å². The first-order valence-electron chi connectivity index (χ1n) is 8.12. The smallest absolute Gasteiger partial charge is 0.170 e. The Labute approximate surface area is 153 Å². The normalized spacial score (nSPS) is 11.2. The maximum Gasteiger partial charge on any atom is 0.170 e. The van der Waals surface area contributed by atoms with Crippen molar-refractivity contribution in [2.45, 2.75) is 17.5 Å². The molecule has 2 aromatic carbocycles. The number of benzene rings is 2. The number of hydrogen-bond donors (Lipinski definition) is 0. The molecule has 0 unspecified atom stereocenters. The van der Waals surface area contributed by atoms with Crippen molar-refractivity contribution in [2.75, 3.05) is 0 Å². The SMILES string of the molecule is Fc1ccc(Cn2c(SCc3ccccc3F)nc3cccnc32)cc1. The molecule has 0 atom stereocenters. The van der Waals surface area contributed by atoms with Crippen LogP contribution in [0.1, 0.15) is 11.1 Å². The Balaban J connectivity index is 1.67. The van der Waals surface area contributed by atoms with Crippen LogP contribution in [-0.4, -0.2) is 14.5 Å². The summed E-state index contributed by atoms with van der Waals surface area (Å²) in [6.45, 7) is 0.521. The number of thioether (sulfide) groups is 1. The maximum absolute atomic E-state index is 13.9. The van der Waals surface area contributed by atoms with Crippen LogP contribution in [0.5, 0.6) is 0 Å². The zero-order valence-corrected chi connectivity index (χ0v) is 14.6. The summed E-state index contributed by atoms with van der Waals surface area (Å²) in [6, 6.07) is 16.8. The maximum atomic E-state index is 13.9. The van der Waals surface area contributed by atoms with E-state index in [0.29, 0.717) is 17.9 Å². The van der Waals surface area contributed by atoms with Crippen LogP contribution in [-0.2, 0) is 12.3 Å². The fourth-order valence-electron chi connectivity index (χ4n) is 2.72. The third-order valence-corrected chi connectivity index (χ3v) is 5.06. The van der Waals surface area contributed by atoms with Gasteiger partial charge in [0.15, 0.2) is 10.8 Å². The number of imidazole rings is 1. The fourth-order valence-corrected chi connectivity index (χ4v) is 3.71. The summed E-state index contributed by atoms with van der Waals surface area (Å²) in [5.74, 6) is -0.0183. The third kappa shape index (κ3) is 3.46. The van der Waals surface area contributed by atoms with Crippen molar-refractivity contribution < 1.29 is 8.78 Å². The van der Waals surface area contributed by atoms with Gasteiger partial charge < -0.3 is 0 Å². The Morgan fingerprint density at radius 2 is 1.73 bits per heavy atom. The standard InChI is InChI=1S/C20H15F2N3S/c21-16-9-7-14(8-10-16)12-25-19-18(6-3-11-23-19)24-20(25)26-13-15-4-1-2-5-17(15)22/h1-11H,12-13H2. The van der Waals surface area contributed by atoms with Crippen LogP contribution in [0.2, 0.25) is 0 Å². The molecule has 0 aliphatic heterocycles. The molecule has 6 heteroatoms. The van der Waals surface area contributed by atoms with Crippen LogP contribution in [0.4, 0.5) is 8.78 Å². The Morgan fingerprint density at radius 1 is 0.923 bits per heavy atom. The summed E-state index contributed by atoms with van der Waals surface area (Å²) in [7, 11) is 0. The lowest BCUT2D eigenvalue weighted by molar-refractivity contribution is 0.617. The molecule has 2 heterocycles. The number of rotatable bonds is 5. The Hall–Kier alpha value is -2.73. The first kappa shape index (κ1) is 16.7. The fraction of sp³-hybridized carbons (Fsp3) is 0.100. The molecule has 0 aliphatic rings. The number of fused-ring (bicyclic) bond motifs is 1. The van der Waals surface area contributed by atoms with E-state index in [9.17, 15) is 8.78 Å². The van der Waals surface area contributed by atoms with E-state index >= 15 is 0 Å². The molecule has 2 aromatic heterocycles. The van der Waals surface area contributed by atoms with E-state index in [1.807, 2.05) is 22.8 Å². The van der Waals surface area contributed by atoms with Crippen molar-refractivity contribution in [2.24, 2.45) is 0 Å². The molecule has 4 rings (SSSR count). The molecule has 4 aromatic rings. The predicted octanol–water partition coefficient (Wildman–Crippen LogP) is 5.05. The second kappa shape index (κ2) is 7.25. The van der Waals surface area contributed by atoms with Gasteiger partial charge in [-0.05, 0) is 41.5 Å². The number of halogens is 2. The predicted molar refractivity (Wildman–Crippen MR) is 99.0 cm³/mol. The zero-order chi connectivity index (χ0) is 17.9. The molecule has 26 heavy (non-hydrogen) atoms. The van der Waals surface area contributed by atoms with E-state index in [0.717, 1.165) is 21.9 Å². The molecule has 3 nitrogen and oxygen atoms in total. The minimum absolute atomic E-state index is 0.223. The quantitative estimate of drug-likeness (QED) is 0.463. The summed E-state index contributed by atoms with van der Waals surface area (Å²) in [5, 5.41) is 0.756. The molecule has 0 aliphatic carbocycles. The van der Waals surface area contributed by atoms with Gasteiger partial charge in [-0.25, -0.2) is 18.7 Å². The van der Waals surface area contributed by atoms with Crippen LogP contribution >= 0.6 is 11.8 Å². The second-order valence-corrected chi connectivity index (χ2v) is 6.78. The topological polar surface area (TPSA) is 30.7 Å². The highest BCUT2D eigenvalue weighted by Gasteiger charge is 2.13. The van der Waals surface area contributed by atoms with Gasteiger partial charge in [0.2, 0.25) is 0 Å². The molecular formula is C20H15F2N3S. The summed E-state index contributed by atoms with van der Waals surface area (Å²) < 4.78 is 29.0. The van der Waals surface area contributed by atoms with Crippen molar-refractivity contribution in [3.8, 4) is 0 Å². The lowest BCUT2D eigenvalue weighted by atomic mass is 10.2. The first-order chi connectivity index (χ1) is 12.7. The van der Waals surface area contributed by atoms with Gasteiger partial charge in [-0.2, -0.15) is 0 Å². The van der Waals surface area contributed by atoms with Crippen LogP contribution in [0.3, 0.4) is 0 Å². The number of pyridine rings is 1. The molecule has 130 valence electrons. The Bertz CT molecular complexity index is 1040. The van der Waals surface area contributed by atoms with E-state index < -0.39 is 0 Å². The second-order valence-electron chi connectivity index (χ2n) is 5.83. The summed E-state index contributed by atoms with van der Waals surface area (Å²) in [4.78, 5) is 9.07. The third-order valence-electron chi connectivity index (χ3n) is 4.04. The van der Waals surface area contributed by atoms with Crippen LogP contribution < -0.4 is 0 Å². The molecule has 0 saturated heterocycles. The summed E-state index contributed by atoms with van der Waals surface area (Å²) in [6.07, 6.45) is 1.72. The van der Waals surface area contributed by atoms with Gasteiger partial charge in [0, 0.05) is 11.9 Å². The van der Waals surface area contributed by atoms with Crippen molar-refractivity contribution in [1.29, 1.82) is 0 Å². The molecular weight excluding hydrogens is 352 g/mol. The summed E-state index contributed by atoms with van der Waals surface area (Å²) in [5.41, 5.74) is 3.12. The molecule has 0 saturated carbocycles. The number of aromatic nitrogens is 3. The molecule has 0 radical (unpaired) electrons. The molecule has 0 fully saturated rings. The van der Waals surface area contributed by atoms with Crippen molar-refractivity contribution in [1.82, 2.24) is 14.5 Å². The average molecular weight is 367 g/mol. The molecule has 0 amide bonds. The Morgan fingerprint density at radius 3 is 2.54 bits per heavy atom. The summed E-state index contributed by atoms with van der Waals surface area (Å²) >= 11 is 1.46. The number of hydrogen-bond acceptors (Lipinski definition) is 3. The zero-order valence-electron chi connectivity index (χ0n) is 13.8. The first-order valence-corrected chi connectivity index (χ1v) is 9.11. The molecule has 0 bridgehead atoms. The van der Waals surface area contributed by atoms with E-state index in [1.54, 1.807) is 30.5 Å². The highest BCUT2D eigenvalue weighted by Crippen LogP contribution is 2.27. The van der Waals surface area contributed by atoms with Gasteiger partial charge in [-0.15, -0.1) is 0 Å². The van der Waals surface area contributed by atoms with Crippen molar-refractivity contribution in [3.05, 3.63) is 89.6 Å². The van der Waals surface area contributed by atoms with E-state index in [1.165, 1.54) is 30.0 Å². The van der Waals surface area contributed by atoms with E-state index in [4.69, 9.17) is 0 Å². The van der Waals surface area contributed by atoms with Crippen molar-refractivity contribution >= 4 is 22.9 Å². The highest BCUT2D eigenvalue weighted by molar-refractivity contribution is 7.98. The average Bonchev–Trinajstić information content (AvgIpc) is 3.00. The lowest BCUT2D eigenvalue weighted by Crippen LogP contribution is -2.03. The lowest BCUT2D eigenvalue weighted by Gasteiger charge is -2.09. The van der Waals surface area contributed by atoms with E-state index in [2.05, 4.69) is 9.97 Å². The molecule has 0 N–H and O–H groups in total. The monoisotopic (exact) mass is 367 g/mol. The van der Waals surface area contributed by atoms with Gasteiger partial charge in [-0.1, -0.05) is 42.1 Å². The van der Waals surface area contributed by atoms with Crippen LogP contribution in [0.15, 0.2) is 72.0 Å². The minimum Gasteiger partial charge on any atom is -0.299 e. The van der Waals surface area contributed by atoms with Gasteiger partial charge >= 0.3 is 0 Å². The molecule has 0 spiro atoms. The van der Waals surface area contributed by atoms with Gasteiger partial charge in [0.25, 0.3) is 0 Å². The highest BCUT2D eigenvalue weighted by atomic mass is 32.2. The van der Waals surface area contributed by atoms with Crippen molar-refractivity contribution in [3.63, 3.8) is 0 Å². The van der Waals surface area contributed by atoms with Gasteiger partial charge in [-0.3, -0.25) is 4.57 Å². The largest absolute Gasteiger partial charge is 0.299 e. The minimum atomic E-state index is -0.267. The van der Waals surface area contributed by atoms with E-state index in [-0.39, 0.29) is 11.6 Å². The number of nitrogens with zero attached hydrogens (tertiary/aromatic N) is 3. The Kier molecular flexibility index (Phi) is 4.67. The van der Waals surface area contributed by atoms with Crippen LogP contribution in [0, 0.1) is 11.6 Å². The van der Waals surface area contributed by atoms with Crippen LogP contribution in [0.25, 0.3) is 11.2 Å².